The Morgan fingerprint density at radius 2 is 1.24 bits per heavy atom. The molecule has 0 aromatic heterocycles. The molecule has 1 fully saturated rings. The lowest BCUT2D eigenvalue weighted by Gasteiger charge is -2.26. The fourth-order valence-electron chi connectivity index (χ4n) is 3.76. The van der Waals surface area contributed by atoms with Crippen LogP contribution in [0.3, 0.4) is 0 Å². The summed E-state index contributed by atoms with van der Waals surface area (Å²) in [6.07, 6.45) is 1.29. The molecule has 0 aliphatic carbocycles. The number of benzene rings is 3. The van der Waals surface area contributed by atoms with Crippen LogP contribution in [0.1, 0.15) is 12.0 Å². The predicted octanol–water partition coefficient (Wildman–Crippen LogP) is 4.39. The van der Waals surface area contributed by atoms with Crippen LogP contribution < -0.4 is 10.6 Å². The van der Waals surface area contributed by atoms with Crippen LogP contribution in [0, 0.1) is 0 Å². The van der Waals surface area contributed by atoms with Crippen molar-refractivity contribution in [1.29, 1.82) is 0 Å². The third-order valence-electron chi connectivity index (χ3n) is 4.93. The second kappa shape index (κ2) is 7.95. The highest BCUT2D eigenvalue weighted by atomic mass is 31.1. The van der Waals surface area contributed by atoms with Gasteiger partial charge in [-0.15, -0.1) is 0 Å². The first-order chi connectivity index (χ1) is 12.4. The summed E-state index contributed by atoms with van der Waals surface area (Å²) in [5.41, 5.74) is 2.16. The highest BCUT2D eigenvalue weighted by Gasteiger charge is 2.31. The third kappa shape index (κ3) is 4.00. The Balaban J connectivity index is 1.55. The summed E-state index contributed by atoms with van der Waals surface area (Å²) >= 11 is 0. The van der Waals surface area contributed by atoms with Crippen molar-refractivity contribution in [3.63, 3.8) is 0 Å². The van der Waals surface area contributed by atoms with Crippen molar-refractivity contribution >= 4 is 18.5 Å². The minimum Gasteiger partial charge on any atom is -0.298 e. The summed E-state index contributed by atoms with van der Waals surface area (Å²) in [4.78, 5) is 2.63. The Bertz CT molecular complexity index is 733. The summed E-state index contributed by atoms with van der Waals surface area (Å²) in [6.45, 7) is 3.48. The van der Waals surface area contributed by atoms with E-state index < -0.39 is 0 Å². The summed E-state index contributed by atoms with van der Waals surface area (Å²) in [6, 6.07) is 33.1. The zero-order chi connectivity index (χ0) is 16.9. The Hall–Kier alpha value is -1.95. The van der Waals surface area contributed by atoms with E-state index in [0.29, 0.717) is 0 Å². The molecule has 0 radical (unpaired) electrons. The van der Waals surface area contributed by atoms with Gasteiger partial charge in [-0.25, -0.2) is 0 Å². The van der Waals surface area contributed by atoms with Gasteiger partial charge in [0.1, 0.15) is 0 Å². The molecule has 0 spiro atoms. The molecule has 1 aliphatic heterocycles. The van der Waals surface area contributed by atoms with Gasteiger partial charge in [0.2, 0.25) is 0 Å². The van der Waals surface area contributed by atoms with Crippen molar-refractivity contribution in [2.45, 2.75) is 18.6 Å². The molecule has 4 rings (SSSR count). The molecule has 25 heavy (non-hydrogen) atoms. The zero-order valence-electron chi connectivity index (χ0n) is 14.5. The van der Waals surface area contributed by atoms with E-state index in [9.17, 15) is 0 Å². The maximum absolute atomic E-state index is 2.63. The molecule has 0 bridgehead atoms. The monoisotopic (exact) mass is 345 g/mol. The van der Waals surface area contributed by atoms with Gasteiger partial charge in [0, 0.05) is 18.7 Å². The van der Waals surface area contributed by atoms with Crippen LogP contribution in [0.2, 0.25) is 0 Å². The molecule has 1 heterocycles. The zero-order valence-corrected chi connectivity index (χ0v) is 15.4. The molecule has 1 nitrogen and oxygen atoms in total. The van der Waals surface area contributed by atoms with Gasteiger partial charge in [0.15, 0.2) is 0 Å². The first-order valence-electron chi connectivity index (χ1n) is 9.06. The van der Waals surface area contributed by atoms with Crippen LogP contribution in [-0.4, -0.2) is 23.6 Å². The molecule has 3 aromatic carbocycles. The number of hydrogen-bond acceptors (Lipinski definition) is 1. The van der Waals surface area contributed by atoms with Crippen molar-refractivity contribution in [3.8, 4) is 0 Å². The summed E-state index contributed by atoms with van der Waals surface area (Å²) in [5, 5.41) is 3.02. The van der Waals surface area contributed by atoms with E-state index in [0.717, 1.165) is 12.2 Å². The van der Waals surface area contributed by atoms with E-state index in [1.807, 2.05) is 0 Å². The molecule has 1 aliphatic rings. The number of rotatable bonds is 5. The maximum Gasteiger partial charge on any atom is 0.0234 e. The Morgan fingerprint density at radius 3 is 1.80 bits per heavy atom. The quantitative estimate of drug-likeness (QED) is 0.620. The average molecular weight is 345 g/mol. The first-order valence-corrected chi connectivity index (χ1v) is 10.5. The molecule has 1 saturated heterocycles. The summed E-state index contributed by atoms with van der Waals surface area (Å²) < 4.78 is 0. The van der Waals surface area contributed by atoms with Crippen LogP contribution in [-0.2, 0) is 6.54 Å². The van der Waals surface area contributed by atoms with Gasteiger partial charge in [-0.05, 0) is 37.1 Å². The minimum absolute atomic E-state index is 0.295. The number of nitrogens with zero attached hydrogens (tertiary/aromatic N) is 1. The van der Waals surface area contributed by atoms with Crippen molar-refractivity contribution in [2.24, 2.45) is 0 Å². The van der Waals surface area contributed by atoms with E-state index in [1.165, 1.54) is 35.7 Å². The number of likely N-dealkylation sites (tertiary alicyclic amines) is 1. The lowest BCUT2D eigenvalue weighted by atomic mass is 10.2. The van der Waals surface area contributed by atoms with Crippen LogP contribution in [0.25, 0.3) is 0 Å². The van der Waals surface area contributed by atoms with E-state index in [1.54, 1.807) is 0 Å². The van der Waals surface area contributed by atoms with E-state index in [2.05, 4.69) is 95.9 Å². The molecule has 0 amide bonds. The van der Waals surface area contributed by atoms with Crippen molar-refractivity contribution < 1.29 is 0 Å². The van der Waals surface area contributed by atoms with Gasteiger partial charge in [-0.3, -0.25) is 4.90 Å². The standard InChI is InChI=1S/C23H24NP/c1-4-10-20(11-5-1)18-24-17-16-23(19-24)25(21-12-6-2-7-13-21)22-14-8-3-9-15-22/h1-15,23H,16-19H2. The van der Waals surface area contributed by atoms with Gasteiger partial charge in [-0.2, -0.15) is 0 Å². The lowest BCUT2D eigenvalue weighted by molar-refractivity contribution is 0.332. The fourth-order valence-corrected chi connectivity index (χ4v) is 6.65. The average Bonchev–Trinajstić information content (AvgIpc) is 3.12. The van der Waals surface area contributed by atoms with E-state index in [-0.39, 0.29) is 7.92 Å². The largest absolute Gasteiger partial charge is 0.298 e. The molecule has 0 N–H and O–H groups in total. The topological polar surface area (TPSA) is 3.24 Å². The van der Waals surface area contributed by atoms with Crippen LogP contribution in [0.15, 0.2) is 91.0 Å². The Labute approximate surface area is 152 Å². The molecular formula is C23H24NP. The highest BCUT2D eigenvalue weighted by Crippen LogP contribution is 2.43. The smallest absolute Gasteiger partial charge is 0.0234 e. The van der Waals surface area contributed by atoms with Crippen LogP contribution >= 0.6 is 7.92 Å². The van der Waals surface area contributed by atoms with E-state index in [4.69, 9.17) is 0 Å². The molecule has 2 heteroatoms. The van der Waals surface area contributed by atoms with Gasteiger partial charge in [0.25, 0.3) is 0 Å². The Morgan fingerprint density at radius 1 is 0.720 bits per heavy atom. The van der Waals surface area contributed by atoms with Crippen molar-refractivity contribution in [2.75, 3.05) is 13.1 Å². The fraction of sp³-hybridized carbons (Fsp3) is 0.217. The van der Waals surface area contributed by atoms with Crippen molar-refractivity contribution in [3.05, 3.63) is 96.6 Å². The first kappa shape index (κ1) is 16.5. The van der Waals surface area contributed by atoms with Gasteiger partial charge in [0.05, 0.1) is 0 Å². The second-order valence-electron chi connectivity index (χ2n) is 6.70. The lowest BCUT2D eigenvalue weighted by Crippen LogP contribution is -2.26. The molecular weight excluding hydrogens is 321 g/mol. The van der Waals surface area contributed by atoms with E-state index >= 15 is 0 Å². The van der Waals surface area contributed by atoms with Crippen LogP contribution in [0.5, 0.6) is 0 Å². The molecule has 1 atom stereocenters. The Kier molecular flexibility index (Phi) is 5.25. The minimum atomic E-state index is -0.295. The molecule has 126 valence electrons. The second-order valence-corrected chi connectivity index (χ2v) is 9.21. The molecule has 3 aromatic rings. The highest BCUT2D eigenvalue weighted by molar-refractivity contribution is 7.73. The van der Waals surface area contributed by atoms with Gasteiger partial charge < -0.3 is 0 Å². The summed E-state index contributed by atoms with van der Waals surface area (Å²) in [7, 11) is -0.295. The maximum atomic E-state index is 2.63. The predicted molar refractivity (Wildman–Crippen MR) is 109 cm³/mol. The third-order valence-corrected chi connectivity index (χ3v) is 7.79. The summed E-state index contributed by atoms with van der Waals surface area (Å²) in [5.74, 6) is 0. The van der Waals surface area contributed by atoms with Crippen molar-refractivity contribution in [1.82, 2.24) is 4.90 Å². The van der Waals surface area contributed by atoms with Gasteiger partial charge in [-0.1, -0.05) is 91.0 Å². The molecule has 0 saturated carbocycles. The SMILES string of the molecule is c1ccc(CN2CCC(P(c3ccccc3)c3ccccc3)C2)cc1. The van der Waals surface area contributed by atoms with Crippen LogP contribution in [0.4, 0.5) is 0 Å². The van der Waals surface area contributed by atoms with Gasteiger partial charge >= 0.3 is 0 Å². The number of hydrogen-bond donors (Lipinski definition) is 0. The normalized spacial score (nSPS) is 17.9. The molecule has 1 unspecified atom stereocenters.